The number of fused-ring (bicyclic) bond motifs is 2. The van der Waals surface area contributed by atoms with E-state index >= 15 is 0 Å². The number of H-pyrrole nitrogens is 2. The monoisotopic (exact) mass is 575 g/mol. The molecular weight excluding hydrogens is 550 g/mol. The van der Waals surface area contributed by atoms with Gasteiger partial charge < -0.3 is 16.0 Å². The van der Waals surface area contributed by atoms with Gasteiger partial charge in [0.1, 0.15) is 18.0 Å². The normalized spacial score (nSPS) is 10.7. The molecule has 0 aliphatic carbocycles. The highest BCUT2D eigenvalue weighted by Crippen LogP contribution is 2.27. The Balaban J connectivity index is 0.000000162. The van der Waals surface area contributed by atoms with Gasteiger partial charge >= 0.3 is 0 Å². The summed E-state index contributed by atoms with van der Waals surface area (Å²) in [6, 6.07) is 27.0. The lowest BCUT2D eigenvalue weighted by atomic mass is 10.2. The van der Waals surface area contributed by atoms with Crippen molar-refractivity contribution in [2.24, 2.45) is 0 Å². The Morgan fingerprint density at radius 1 is 0.619 bits per heavy atom. The molecule has 7 aromatic rings. The topological polar surface area (TPSA) is 145 Å². The van der Waals surface area contributed by atoms with E-state index in [1.807, 2.05) is 98.8 Å². The van der Waals surface area contributed by atoms with Gasteiger partial charge in [0.15, 0.2) is 11.6 Å². The van der Waals surface area contributed by atoms with Crippen molar-refractivity contribution in [3.05, 3.63) is 108 Å². The van der Waals surface area contributed by atoms with Crippen molar-refractivity contribution < 1.29 is 0 Å². The number of aromatic nitrogens is 8. The molecule has 0 aliphatic rings. The first-order chi connectivity index (χ1) is 20.5. The highest BCUT2D eigenvalue weighted by Gasteiger charge is 2.10. The Bertz CT molecular complexity index is 1980. The smallest absolute Gasteiger partial charge is 0.229 e. The summed E-state index contributed by atoms with van der Waals surface area (Å²) in [7, 11) is 0. The number of benzene rings is 3. The zero-order chi connectivity index (χ0) is 28.9. The van der Waals surface area contributed by atoms with Gasteiger partial charge in [0.25, 0.3) is 0 Å². The minimum Gasteiger partial charge on any atom is -0.324 e. The number of aryl methyl sites for hydroxylation is 2. The molecule has 0 amide bonds. The van der Waals surface area contributed by atoms with Gasteiger partial charge in [-0.3, -0.25) is 10.2 Å². The summed E-state index contributed by atoms with van der Waals surface area (Å²) in [4.78, 5) is 17.6. The van der Waals surface area contributed by atoms with Crippen molar-refractivity contribution in [1.29, 1.82) is 0 Å². The Morgan fingerprint density at radius 2 is 1.26 bits per heavy atom. The van der Waals surface area contributed by atoms with Gasteiger partial charge in [0, 0.05) is 45.0 Å². The fourth-order valence-electron chi connectivity index (χ4n) is 4.23. The molecule has 0 saturated carbocycles. The highest BCUT2D eigenvalue weighted by molar-refractivity contribution is 6.30. The van der Waals surface area contributed by atoms with Crippen LogP contribution in [0.15, 0.2) is 91.3 Å². The summed E-state index contributed by atoms with van der Waals surface area (Å²) in [6.07, 6.45) is 1.55. The number of para-hydroxylation sites is 2. The molecule has 3 aromatic carbocycles. The first-order valence-corrected chi connectivity index (χ1v) is 13.5. The van der Waals surface area contributed by atoms with Crippen molar-refractivity contribution in [3.63, 3.8) is 0 Å². The van der Waals surface area contributed by atoms with Gasteiger partial charge in [-0.25, -0.2) is 15.0 Å². The molecule has 12 heteroatoms. The molecule has 5 N–H and O–H groups in total. The van der Waals surface area contributed by atoms with Crippen molar-refractivity contribution in [2.45, 2.75) is 13.8 Å². The predicted molar refractivity (Wildman–Crippen MR) is 167 cm³/mol. The highest BCUT2D eigenvalue weighted by atomic mass is 35.5. The Kier molecular flexibility index (Phi) is 7.56. The van der Waals surface area contributed by atoms with Crippen LogP contribution in [0, 0.1) is 13.8 Å². The van der Waals surface area contributed by atoms with Crippen LogP contribution in [-0.2, 0) is 0 Å². The number of hydrogen-bond donors (Lipinski definition) is 5. The third kappa shape index (κ3) is 6.26. The maximum atomic E-state index is 6.04. The van der Waals surface area contributed by atoms with Crippen LogP contribution in [0.5, 0.6) is 0 Å². The maximum Gasteiger partial charge on any atom is 0.229 e. The Hall–Kier alpha value is -5.55. The lowest BCUT2D eigenvalue weighted by molar-refractivity contribution is 1.05. The SMILES string of the molecule is Cc1cc(Nc2nc(Nc3cccc(Cl)c3)nc3ccccc23)n[nH]1.Cc1cc(Nc2ncnc3ccccc23)n[nH]1. The standard InChI is InChI=1S/C18H15ClN6.C12H11N5/c1-11-9-16(25-24-11)22-17-14-7-2-3-8-15(14)21-18(23-17)20-13-6-4-5-12(19)10-13;1-8-6-11(17-16-8)15-12-9-4-2-3-5-10(9)13-7-14-12/h2-10H,1H3,(H3,20,21,22,23,24,25);2-7H,1H3,(H2,13,14,15,16,17). The van der Waals surface area contributed by atoms with Crippen molar-refractivity contribution in [1.82, 2.24) is 40.3 Å². The summed E-state index contributed by atoms with van der Waals surface area (Å²) < 4.78 is 0. The summed E-state index contributed by atoms with van der Waals surface area (Å²) in [6.45, 7) is 3.90. The van der Waals surface area contributed by atoms with Gasteiger partial charge in [0.05, 0.1) is 11.0 Å². The molecule has 7 rings (SSSR count). The van der Waals surface area contributed by atoms with Gasteiger partial charge in [-0.05, 0) is 56.3 Å². The van der Waals surface area contributed by atoms with E-state index in [-0.39, 0.29) is 0 Å². The fourth-order valence-corrected chi connectivity index (χ4v) is 4.42. The van der Waals surface area contributed by atoms with E-state index in [1.165, 1.54) is 0 Å². The van der Waals surface area contributed by atoms with E-state index in [1.54, 1.807) is 6.33 Å². The van der Waals surface area contributed by atoms with Crippen LogP contribution >= 0.6 is 11.6 Å². The van der Waals surface area contributed by atoms with Crippen LogP contribution in [-0.4, -0.2) is 40.3 Å². The summed E-state index contributed by atoms with van der Waals surface area (Å²) in [5, 5.41) is 26.3. The molecule has 0 fully saturated rings. The summed E-state index contributed by atoms with van der Waals surface area (Å²) in [5.41, 5.74) is 4.54. The molecule has 42 heavy (non-hydrogen) atoms. The third-order valence-corrected chi connectivity index (χ3v) is 6.37. The van der Waals surface area contributed by atoms with Crippen molar-refractivity contribution >= 4 is 68.3 Å². The zero-order valence-electron chi connectivity index (χ0n) is 22.7. The van der Waals surface area contributed by atoms with Gasteiger partial charge in [-0.15, -0.1) is 0 Å². The minimum atomic E-state index is 0.482. The number of nitrogens with one attached hydrogen (secondary N) is 5. The number of nitrogens with zero attached hydrogens (tertiary/aromatic N) is 6. The lowest BCUT2D eigenvalue weighted by Crippen LogP contribution is -2.02. The molecule has 0 bridgehead atoms. The quantitative estimate of drug-likeness (QED) is 0.139. The molecule has 4 aromatic heterocycles. The van der Waals surface area contributed by atoms with Crippen LogP contribution in [0.3, 0.4) is 0 Å². The number of halogens is 1. The van der Waals surface area contributed by atoms with Crippen LogP contribution in [0.2, 0.25) is 5.02 Å². The molecule has 0 aliphatic heterocycles. The van der Waals surface area contributed by atoms with Crippen LogP contribution in [0.4, 0.5) is 34.9 Å². The second-order valence-corrected chi connectivity index (χ2v) is 9.85. The molecule has 0 atom stereocenters. The second kappa shape index (κ2) is 11.9. The molecule has 0 unspecified atom stereocenters. The first-order valence-electron chi connectivity index (χ1n) is 13.1. The van der Waals surface area contributed by atoms with Crippen LogP contribution in [0.25, 0.3) is 21.8 Å². The van der Waals surface area contributed by atoms with Crippen molar-refractivity contribution in [3.8, 4) is 0 Å². The predicted octanol–water partition coefficient (Wildman–Crippen LogP) is 7.21. The van der Waals surface area contributed by atoms with E-state index in [2.05, 4.69) is 56.3 Å². The van der Waals surface area contributed by atoms with E-state index in [9.17, 15) is 0 Å². The number of anilines is 6. The third-order valence-electron chi connectivity index (χ3n) is 6.13. The molecule has 208 valence electrons. The average molecular weight is 576 g/mol. The first kappa shape index (κ1) is 26.7. The molecule has 11 nitrogen and oxygen atoms in total. The molecule has 0 spiro atoms. The number of aromatic amines is 2. The van der Waals surface area contributed by atoms with Gasteiger partial charge in [-0.1, -0.05) is 41.9 Å². The van der Waals surface area contributed by atoms with E-state index in [4.69, 9.17) is 11.6 Å². The second-order valence-electron chi connectivity index (χ2n) is 9.41. The Labute approximate surface area is 245 Å². The molecule has 0 radical (unpaired) electrons. The molecule has 4 heterocycles. The Morgan fingerprint density at radius 3 is 1.93 bits per heavy atom. The van der Waals surface area contributed by atoms with Gasteiger partial charge in [-0.2, -0.15) is 15.2 Å². The van der Waals surface area contributed by atoms with Crippen molar-refractivity contribution in [2.75, 3.05) is 16.0 Å². The fraction of sp³-hybridized carbons (Fsp3) is 0.0667. The minimum absolute atomic E-state index is 0.482. The summed E-state index contributed by atoms with van der Waals surface area (Å²) in [5.74, 6) is 3.39. The summed E-state index contributed by atoms with van der Waals surface area (Å²) >= 11 is 6.04. The average Bonchev–Trinajstić information content (AvgIpc) is 3.60. The zero-order valence-corrected chi connectivity index (χ0v) is 23.5. The van der Waals surface area contributed by atoms with E-state index < -0.39 is 0 Å². The van der Waals surface area contributed by atoms with Gasteiger partial charge in [0.2, 0.25) is 5.95 Å². The van der Waals surface area contributed by atoms with E-state index in [0.29, 0.717) is 22.6 Å². The lowest BCUT2D eigenvalue weighted by Gasteiger charge is -2.10. The number of rotatable bonds is 6. The molecule has 0 saturated heterocycles. The largest absolute Gasteiger partial charge is 0.324 e. The molecular formula is C30H26ClN11. The maximum absolute atomic E-state index is 6.04. The number of hydrogen-bond acceptors (Lipinski definition) is 9. The van der Waals surface area contributed by atoms with Crippen LogP contribution < -0.4 is 16.0 Å². The van der Waals surface area contributed by atoms with Crippen LogP contribution in [0.1, 0.15) is 11.4 Å². The van der Waals surface area contributed by atoms with E-state index in [0.717, 1.165) is 50.5 Å².